The second kappa shape index (κ2) is 12.9. The quantitative estimate of drug-likeness (QED) is 0.180. The molecule has 2 atom stereocenters. The molecule has 1 fully saturated rings. The number of para-hydroxylation sites is 1. The molecule has 1 aliphatic rings. The lowest BCUT2D eigenvalue weighted by Gasteiger charge is -2.29. The van der Waals surface area contributed by atoms with E-state index in [-0.39, 0.29) is 16.9 Å². The number of aromatic nitrogens is 3. The van der Waals surface area contributed by atoms with Crippen molar-refractivity contribution in [2.45, 2.75) is 57.1 Å². The lowest BCUT2D eigenvalue weighted by atomic mass is 9.91. The Bertz CT molecular complexity index is 1570. The number of halogens is 7. The fourth-order valence-corrected chi connectivity index (χ4v) is 5.12. The number of pyridine rings is 1. The SMILES string of the molecule is CCc1nc(N)nc(N)c1-c1ccc(Cl)cc1.OC(c1cc(C(F)(F)F)nc2c(C(F)(F)F)cccc12)C1CCCCN1. The van der Waals surface area contributed by atoms with Gasteiger partial charge in [0.15, 0.2) is 0 Å². The Morgan fingerprint density at radius 3 is 2.26 bits per heavy atom. The van der Waals surface area contributed by atoms with Gasteiger partial charge in [0, 0.05) is 22.0 Å². The van der Waals surface area contributed by atoms with Crippen molar-refractivity contribution >= 4 is 34.3 Å². The summed E-state index contributed by atoms with van der Waals surface area (Å²) in [6.07, 6.45) is -8.25. The Morgan fingerprint density at radius 1 is 0.977 bits per heavy atom. The van der Waals surface area contributed by atoms with Crippen LogP contribution in [0.15, 0.2) is 48.5 Å². The molecule has 14 heteroatoms. The van der Waals surface area contributed by atoms with Gasteiger partial charge in [-0.25, -0.2) is 9.97 Å². The summed E-state index contributed by atoms with van der Waals surface area (Å²) < 4.78 is 79.3. The number of hydrogen-bond acceptors (Lipinski definition) is 7. The minimum absolute atomic E-state index is 0.132. The second-order valence-electron chi connectivity index (χ2n) is 9.94. The first kappa shape index (κ1) is 32.2. The van der Waals surface area contributed by atoms with Crippen molar-refractivity contribution in [3.63, 3.8) is 0 Å². The highest BCUT2D eigenvalue weighted by Crippen LogP contribution is 2.40. The van der Waals surface area contributed by atoms with Crippen LogP contribution in [0.4, 0.5) is 38.1 Å². The lowest BCUT2D eigenvalue weighted by molar-refractivity contribution is -0.142. The molecule has 5 rings (SSSR count). The third kappa shape index (κ3) is 7.46. The molecule has 6 N–H and O–H groups in total. The molecule has 2 aromatic carbocycles. The number of anilines is 2. The van der Waals surface area contributed by atoms with Gasteiger partial charge in [-0.3, -0.25) is 0 Å². The van der Waals surface area contributed by atoms with Crippen LogP contribution in [0.2, 0.25) is 5.02 Å². The summed E-state index contributed by atoms with van der Waals surface area (Å²) in [4.78, 5) is 11.4. The average molecular weight is 627 g/mol. The number of aliphatic hydroxyl groups is 1. The number of benzene rings is 2. The molecule has 1 saturated heterocycles. The van der Waals surface area contributed by atoms with Crippen LogP contribution in [-0.4, -0.2) is 32.6 Å². The van der Waals surface area contributed by atoms with Gasteiger partial charge in [-0.1, -0.05) is 49.2 Å². The molecule has 0 radical (unpaired) electrons. The highest BCUT2D eigenvalue weighted by molar-refractivity contribution is 6.30. The molecule has 0 amide bonds. The van der Waals surface area contributed by atoms with E-state index in [4.69, 9.17) is 23.1 Å². The first-order valence-electron chi connectivity index (χ1n) is 13.4. The van der Waals surface area contributed by atoms with E-state index in [2.05, 4.69) is 20.3 Å². The van der Waals surface area contributed by atoms with Gasteiger partial charge >= 0.3 is 12.4 Å². The van der Waals surface area contributed by atoms with Gasteiger partial charge in [-0.05, 0) is 61.2 Å². The molecule has 1 aliphatic heterocycles. The predicted octanol–water partition coefficient (Wildman–Crippen LogP) is 6.97. The molecular formula is C29H29ClF6N6O. The van der Waals surface area contributed by atoms with Crippen LogP contribution in [0.1, 0.15) is 54.8 Å². The zero-order chi connectivity index (χ0) is 31.5. The predicted molar refractivity (Wildman–Crippen MR) is 153 cm³/mol. The lowest BCUT2D eigenvalue weighted by Crippen LogP contribution is -2.39. The molecule has 2 aromatic heterocycles. The van der Waals surface area contributed by atoms with E-state index in [0.717, 1.165) is 42.1 Å². The minimum atomic E-state index is -4.93. The Balaban J connectivity index is 0.000000215. The molecular weight excluding hydrogens is 598 g/mol. The van der Waals surface area contributed by atoms with Crippen molar-refractivity contribution in [1.82, 2.24) is 20.3 Å². The van der Waals surface area contributed by atoms with Crippen molar-refractivity contribution < 1.29 is 31.4 Å². The molecule has 0 spiro atoms. The van der Waals surface area contributed by atoms with Crippen molar-refractivity contribution in [3.05, 3.63) is 76.1 Å². The topological polar surface area (TPSA) is 123 Å². The van der Waals surface area contributed by atoms with E-state index < -0.39 is 41.3 Å². The summed E-state index contributed by atoms with van der Waals surface area (Å²) in [7, 11) is 0. The normalized spacial score (nSPS) is 16.4. The molecule has 43 heavy (non-hydrogen) atoms. The number of nitrogen functional groups attached to an aromatic ring is 2. The maximum absolute atomic E-state index is 13.2. The maximum Gasteiger partial charge on any atom is 0.433 e. The fourth-order valence-electron chi connectivity index (χ4n) is 4.99. The molecule has 0 bridgehead atoms. The Hall–Kier alpha value is -3.68. The summed E-state index contributed by atoms with van der Waals surface area (Å²) in [6, 6.07) is 10.6. The number of fused-ring (bicyclic) bond motifs is 1. The van der Waals surface area contributed by atoms with E-state index in [1.807, 2.05) is 31.2 Å². The minimum Gasteiger partial charge on any atom is -0.387 e. The van der Waals surface area contributed by atoms with E-state index in [0.29, 0.717) is 35.9 Å². The third-order valence-electron chi connectivity index (χ3n) is 7.01. The van der Waals surface area contributed by atoms with Crippen molar-refractivity contribution in [1.29, 1.82) is 0 Å². The van der Waals surface area contributed by atoms with E-state index in [1.54, 1.807) is 0 Å². The Morgan fingerprint density at radius 2 is 1.67 bits per heavy atom. The molecule has 0 saturated carbocycles. The summed E-state index contributed by atoms with van der Waals surface area (Å²) >= 11 is 5.86. The summed E-state index contributed by atoms with van der Waals surface area (Å²) in [5.41, 5.74) is 10.4. The number of nitrogens with two attached hydrogens (primary N) is 2. The molecule has 2 unspecified atom stereocenters. The highest BCUT2D eigenvalue weighted by atomic mass is 35.5. The fraction of sp³-hybridized carbons (Fsp3) is 0.345. The van der Waals surface area contributed by atoms with Gasteiger partial charge < -0.3 is 21.9 Å². The Kier molecular flexibility index (Phi) is 9.67. The van der Waals surface area contributed by atoms with Gasteiger partial charge in [-0.2, -0.15) is 31.3 Å². The number of nitrogens with one attached hydrogen (secondary N) is 1. The third-order valence-corrected chi connectivity index (χ3v) is 7.26. The monoisotopic (exact) mass is 626 g/mol. The number of aliphatic hydroxyl groups excluding tert-OH is 1. The largest absolute Gasteiger partial charge is 0.433 e. The zero-order valence-corrected chi connectivity index (χ0v) is 23.7. The van der Waals surface area contributed by atoms with E-state index in [9.17, 15) is 31.4 Å². The average Bonchev–Trinajstić information content (AvgIpc) is 2.96. The maximum atomic E-state index is 13.2. The van der Waals surface area contributed by atoms with Crippen LogP contribution < -0.4 is 16.8 Å². The van der Waals surface area contributed by atoms with Crippen LogP contribution in [0, 0.1) is 0 Å². The van der Waals surface area contributed by atoms with Gasteiger partial charge in [0.05, 0.1) is 22.9 Å². The van der Waals surface area contributed by atoms with Crippen LogP contribution in [0.3, 0.4) is 0 Å². The number of alkyl halides is 6. The molecule has 4 aromatic rings. The number of aryl methyl sites for hydroxylation is 1. The van der Waals surface area contributed by atoms with Crippen LogP contribution in [0.25, 0.3) is 22.0 Å². The van der Waals surface area contributed by atoms with Crippen LogP contribution in [-0.2, 0) is 18.8 Å². The summed E-state index contributed by atoms with van der Waals surface area (Å²) in [6.45, 7) is 2.59. The second-order valence-corrected chi connectivity index (χ2v) is 10.4. The van der Waals surface area contributed by atoms with Gasteiger partial charge in [0.1, 0.15) is 11.5 Å². The van der Waals surface area contributed by atoms with Crippen molar-refractivity contribution in [2.75, 3.05) is 18.0 Å². The molecule has 230 valence electrons. The van der Waals surface area contributed by atoms with E-state index in [1.165, 1.54) is 6.07 Å². The highest BCUT2D eigenvalue weighted by Gasteiger charge is 2.38. The molecule has 0 aliphatic carbocycles. The number of hydrogen-bond donors (Lipinski definition) is 4. The molecule has 7 nitrogen and oxygen atoms in total. The van der Waals surface area contributed by atoms with Crippen LogP contribution >= 0.6 is 11.6 Å². The van der Waals surface area contributed by atoms with Gasteiger partial charge in [0.25, 0.3) is 0 Å². The van der Waals surface area contributed by atoms with Gasteiger partial charge in [0.2, 0.25) is 5.95 Å². The summed E-state index contributed by atoms with van der Waals surface area (Å²) in [5, 5.41) is 14.1. The van der Waals surface area contributed by atoms with Crippen molar-refractivity contribution in [3.8, 4) is 11.1 Å². The standard InChI is InChI=1S/C17H16F6N2O.C12H13ClN4/c18-16(19,20)11-5-3-4-9-10(15(26)12-6-1-2-7-24-12)8-13(17(21,22)23)25-14(9)11;1-2-9-10(11(14)17-12(15)16-9)7-3-5-8(13)6-4-7/h3-5,8,12,15,24,26H,1-2,6-7H2;3-6H,2H2,1H3,(H4,14,15,16,17). The van der Waals surface area contributed by atoms with Crippen LogP contribution in [0.5, 0.6) is 0 Å². The smallest absolute Gasteiger partial charge is 0.387 e. The summed E-state index contributed by atoms with van der Waals surface area (Å²) in [5.74, 6) is 0.605. The number of piperidine rings is 1. The molecule has 3 heterocycles. The van der Waals surface area contributed by atoms with E-state index >= 15 is 0 Å². The first-order chi connectivity index (χ1) is 20.2. The first-order valence-corrected chi connectivity index (χ1v) is 13.8. The number of nitrogens with zero attached hydrogens (tertiary/aromatic N) is 3. The number of rotatable bonds is 4. The van der Waals surface area contributed by atoms with Crippen molar-refractivity contribution in [2.24, 2.45) is 0 Å². The Labute approximate surface area is 248 Å². The van der Waals surface area contributed by atoms with Gasteiger partial charge in [-0.15, -0.1) is 0 Å². The zero-order valence-electron chi connectivity index (χ0n) is 22.9.